The quantitative estimate of drug-likeness (QED) is 0.788. The SMILES string of the molecule is CCc1ccc(C(=O)NCCC(=O)OC)cc1. The molecule has 1 aromatic rings. The van der Waals surface area contributed by atoms with Crippen molar-refractivity contribution in [3.63, 3.8) is 0 Å². The number of carbonyl (C=O) groups excluding carboxylic acids is 2. The van der Waals surface area contributed by atoms with Gasteiger partial charge in [0.1, 0.15) is 0 Å². The molecule has 4 nitrogen and oxygen atoms in total. The van der Waals surface area contributed by atoms with E-state index in [1.54, 1.807) is 12.1 Å². The van der Waals surface area contributed by atoms with Crippen LogP contribution in [0.15, 0.2) is 24.3 Å². The maximum atomic E-state index is 11.7. The van der Waals surface area contributed by atoms with Gasteiger partial charge in [0.15, 0.2) is 0 Å². The van der Waals surface area contributed by atoms with Gasteiger partial charge in [-0.1, -0.05) is 19.1 Å². The Bertz CT molecular complexity index is 384. The van der Waals surface area contributed by atoms with Gasteiger partial charge in [-0.15, -0.1) is 0 Å². The van der Waals surface area contributed by atoms with Gasteiger partial charge in [0, 0.05) is 12.1 Å². The van der Waals surface area contributed by atoms with E-state index in [-0.39, 0.29) is 18.3 Å². The Morgan fingerprint density at radius 1 is 1.24 bits per heavy atom. The Balaban J connectivity index is 2.44. The van der Waals surface area contributed by atoms with E-state index in [2.05, 4.69) is 17.0 Å². The summed E-state index contributed by atoms with van der Waals surface area (Å²) in [7, 11) is 1.33. The normalized spacial score (nSPS) is 9.76. The first-order valence-corrected chi connectivity index (χ1v) is 5.61. The van der Waals surface area contributed by atoms with E-state index in [9.17, 15) is 9.59 Å². The van der Waals surface area contributed by atoms with Crippen molar-refractivity contribution in [2.75, 3.05) is 13.7 Å². The minimum Gasteiger partial charge on any atom is -0.469 e. The molecule has 1 aromatic carbocycles. The van der Waals surface area contributed by atoms with E-state index in [4.69, 9.17) is 0 Å². The maximum absolute atomic E-state index is 11.7. The molecule has 0 aromatic heterocycles. The first kappa shape index (κ1) is 13.2. The van der Waals surface area contributed by atoms with E-state index in [1.165, 1.54) is 12.7 Å². The molecule has 0 aliphatic heterocycles. The average molecular weight is 235 g/mol. The fourth-order valence-corrected chi connectivity index (χ4v) is 1.37. The van der Waals surface area contributed by atoms with Gasteiger partial charge >= 0.3 is 5.97 Å². The van der Waals surface area contributed by atoms with Crippen molar-refractivity contribution in [3.8, 4) is 0 Å². The summed E-state index contributed by atoms with van der Waals surface area (Å²) in [6.45, 7) is 2.35. The molecule has 0 atom stereocenters. The minimum absolute atomic E-state index is 0.170. The molecule has 1 N–H and O–H groups in total. The van der Waals surface area contributed by atoms with Crippen LogP contribution in [0.25, 0.3) is 0 Å². The zero-order valence-electron chi connectivity index (χ0n) is 10.2. The van der Waals surface area contributed by atoms with Gasteiger partial charge in [0.2, 0.25) is 0 Å². The highest BCUT2D eigenvalue weighted by Gasteiger charge is 2.06. The molecule has 1 amide bonds. The highest BCUT2D eigenvalue weighted by molar-refractivity contribution is 5.94. The lowest BCUT2D eigenvalue weighted by molar-refractivity contribution is -0.140. The predicted molar refractivity (Wildman–Crippen MR) is 64.8 cm³/mol. The highest BCUT2D eigenvalue weighted by atomic mass is 16.5. The Morgan fingerprint density at radius 3 is 2.41 bits per heavy atom. The molecule has 0 saturated carbocycles. The van der Waals surface area contributed by atoms with Crippen LogP contribution in [0.5, 0.6) is 0 Å². The third-order valence-corrected chi connectivity index (χ3v) is 2.47. The summed E-state index contributed by atoms with van der Waals surface area (Å²) < 4.78 is 4.48. The van der Waals surface area contributed by atoms with Gasteiger partial charge in [0.25, 0.3) is 5.91 Å². The smallest absolute Gasteiger partial charge is 0.307 e. The number of hydrogen-bond donors (Lipinski definition) is 1. The second kappa shape index (κ2) is 6.68. The number of amides is 1. The van der Waals surface area contributed by atoms with E-state index < -0.39 is 0 Å². The fourth-order valence-electron chi connectivity index (χ4n) is 1.37. The maximum Gasteiger partial charge on any atom is 0.307 e. The van der Waals surface area contributed by atoms with Crippen LogP contribution >= 0.6 is 0 Å². The zero-order chi connectivity index (χ0) is 12.7. The van der Waals surface area contributed by atoms with Crippen LogP contribution in [0.4, 0.5) is 0 Å². The van der Waals surface area contributed by atoms with Crippen molar-refractivity contribution >= 4 is 11.9 Å². The van der Waals surface area contributed by atoms with Crippen molar-refractivity contribution < 1.29 is 14.3 Å². The summed E-state index contributed by atoms with van der Waals surface area (Å²) in [5.41, 5.74) is 1.79. The number of hydrogen-bond acceptors (Lipinski definition) is 3. The molecule has 0 aliphatic carbocycles. The fraction of sp³-hybridized carbons (Fsp3) is 0.385. The average Bonchev–Trinajstić information content (AvgIpc) is 2.38. The van der Waals surface area contributed by atoms with Gasteiger partial charge in [-0.05, 0) is 24.1 Å². The molecule has 17 heavy (non-hydrogen) atoms. The summed E-state index contributed by atoms with van der Waals surface area (Å²) >= 11 is 0. The lowest BCUT2D eigenvalue weighted by Gasteiger charge is -2.05. The van der Waals surface area contributed by atoms with Gasteiger partial charge in [-0.3, -0.25) is 9.59 Å². The van der Waals surface area contributed by atoms with Crippen LogP contribution in [0.1, 0.15) is 29.3 Å². The number of aryl methyl sites for hydroxylation is 1. The lowest BCUT2D eigenvalue weighted by atomic mass is 10.1. The molecule has 1 rings (SSSR count). The van der Waals surface area contributed by atoms with E-state index in [0.29, 0.717) is 12.1 Å². The third-order valence-electron chi connectivity index (χ3n) is 2.47. The number of benzene rings is 1. The van der Waals surface area contributed by atoms with Crippen molar-refractivity contribution in [2.24, 2.45) is 0 Å². The second-order valence-electron chi connectivity index (χ2n) is 3.63. The molecule has 0 aliphatic rings. The summed E-state index contributed by atoms with van der Waals surface area (Å²) in [4.78, 5) is 22.5. The monoisotopic (exact) mass is 235 g/mol. The van der Waals surface area contributed by atoms with Crippen molar-refractivity contribution in [1.82, 2.24) is 5.32 Å². The zero-order valence-corrected chi connectivity index (χ0v) is 10.2. The van der Waals surface area contributed by atoms with Gasteiger partial charge in [-0.25, -0.2) is 0 Å². The summed E-state index contributed by atoms with van der Waals surface area (Å²) in [5.74, 6) is -0.497. The third kappa shape index (κ3) is 4.26. The Morgan fingerprint density at radius 2 is 1.88 bits per heavy atom. The Labute approximate surface area is 101 Å². The van der Waals surface area contributed by atoms with Gasteiger partial charge < -0.3 is 10.1 Å². The van der Waals surface area contributed by atoms with Crippen molar-refractivity contribution in [3.05, 3.63) is 35.4 Å². The molecule has 4 heteroatoms. The molecule has 0 spiro atoms. The second-order valence-corrected chi connectivity index (χ2v) is 3.63. The Hall–Kier alpha value is -1.84. The number of rotatable bonds is 5. The lowest BCUT2D eigenvalue weighted by Crippen LogP contribution is -2.26. The van der Waals surface area contributed by atoms with Crippen LogP contribution in [0.2, 0.25) is 0 Å². The highest BCUT2D eigenvalue weighted by Crippen LogP contribution is 2.04. The first-order valence-electron chi connectivity index (χ1n) is 5.61. The summed E-state index contributed by atoms with van der Waals surface area (Å²) in [6, 6.07) is 7.42. The predicted octanol–water partition coefficient (Wildman–Crippen LogP) is 1.54. The number of methoxy groups -OCH3 is 1. The van der Waals surface area contributed by atoms with E-state index in [0.717, 1.165) is 6.42 Å². The molecule has 0 saturated heterocycles. The van der Waals surface area contributed by atoms with Crippen LogP contribution in [-0.4, -0.2) is 25.5 Å². The number of esters is 1. The largest absolute Gasteiger partial charge is 0.469 e. The van der Waals surface area contributed by atoms with Crippen molar-refractivity contribution in [2.45, 2.75) is 19.8 Å². The molecule has 0 heterocycles. The number of nitrogens with one attached hydrogen (secondary N) is 1. The number of carbonyl (C=O) groups is 2. The standard InChI is InChI=1S/C13H17NO3/c1-3-10-4-6-11(7-5-10)13(16)14-9-8-12(15)17-2/h4-7H,3,8-9H2,1-2H3,(H,14,16). The van der Waals surface area contributed by atoms with Crippen LogP contribution in [0.3, 0.4) is 0 Å². The topological polar surface area (TPSA) is 55.4 Å². The molecule has 0 unspecified atom stereocenters. The van der Waals surface area contributed by atoms with Crippen molar-refractivity contribution in [1.29, 1.82) is 0 Å². The molecule has 92 valence electrons. The molecular formula is C13H17NO3. The summed E-state index contributed by atoms with van der Waals surface area (Å²) in [5, 5.41) is 2.66. The van der Waals surface area contributed by atoms with E-state index >= 15 is 0 Å². The van der Waals surface area contributed by atoms with Crippen LogP contribution < -0.4 is 5.32 Å². The molecular weight excluding hydrogens is 218 g/mol. The van der Waals surface area contributed by atoms with Crippen LogP contribution in [0, 0.1) is 0 Å². The molecule has 0 radical (unpaired) electrons. The molecule has 0 fully saturated rings. The summed E-state index contributed by atoms with van der Waals surface area (Å²) in [6.07, 6.45) is 1.14. The molecule has 0 bridgehead atoms. The Kier molecular flexibility index (Phi) is 5.20. The van der Waals surface area contributed by atoms with Gasteiger partial charge in [0.05, 0.1) is 13.5 Å². The minimum atomic E-state index is -0.327. The van der Waals surface area contributed by atoms with E-state index in [1.807, 2.05) is 12.1 Å². The first-order chi connectivity index (χ1) is 8.17. The number of ether oxygens (including phenoxy) is 1. The van der Waals surface area contributed by atoms with Gasteiger partial charge in [-0.2, -0.15) is 0 Å². The van der Waals surface area contributed by atoms with Crippen LogP contribution in [-0.2, 0) is 16.0 Å².